The second kappa shape index (κ2) is 6.27. The number of aryl methyl sites for hydroxylation is 2. The summed E-state index contributed by atoms with van der Waals surface area (Å²) in [7, 11) is 1.84. The van der Waals surface area contributed by atoms with Crippen molar-refractivity contribution >= 4 is 5.91 Å². The summed E-state index contributed by atoms with van der Waals surface area (Å²) in [5.74, 6) is -0.106. The molecule has 1 aromatic carbocycles. The van der Waals surface area contributed by atoms with E-state index in [9.17, 15) is 4.79 Å². The monoisotopic (exact) mass is 324 g/mol. The molecule has 3 aromatic rings. The molecule has 1 atom stereocenters. The van der Waals surface area contributed by atoms with Gasteiger partial charge in [-0.3, -0.25) is 9.48 Å². The molecule has 0 saturated carbocycles. The number of benzene rings is 1. The van der Waals surface area contributed by atoms with E-state index in [0.717, 1.165) is 22.6 Å². The molecule has 0 saturated heterocycles. The van der Waals surface area contributed by atoms with Crippen molar-refractivity contribution < 1.29 is 4.79 Å². The maximum absolute atomic E-state index is 12.6. The van der Waals surface area contributed by atoms with Crippen LogP contribution in [0, 0.1) is 13.8 Å². The van der Waals surface area contributed by atoms with Crippen LogP contribution in [0.2, 0.25) is 0 Å². The van der Waals surface area contributed by atoms with Crippen LogP contribution < -0.4 is 5.32 Å². The van der Waals surface area contributed by atoms with Crippen molar-refractivity contribution in [3.05, 3.63) is 59.4 Å². The van der Waals surface area contributed by atoms with Crippen molar-refractivity contribution in [2.75, 3.05) is 0 Å². The molecule has 24 heavy (non-hydrogen) atoms. The third-order valence-corrected chi connectivity index (χ3v) is 4.16. The van der Waals surface area contributed by atoms with Gasteiger partial charge in [0, 0.05) is 12.7 Å². The lowest BCUT2D eigenvalue weighted by Gasteiger charge is -2.15. The fourth-order valence-corrected chi connectivity index (χ4v) is 2.71. The zero-order valence-corrected chi connectivity index (χ0v) is 14.2. The summed E-state index contributed by atoms with van der Waals surface area (Å²) in [6.07, 6.45) is 3.14. The highest BCUT2D eigenvalue weighted by Gasteiger charge is 2.19. The zero-order chi connectivity index (χ0) is 17.3. The standard InChI is InChI=1S/C17H20N6O/c1-11(20-17(24)16-12(2)21-22(4)13(16)3)14-5-7-15(8-6-14)23-10-18-9-19-23/h5-11H,1-4H3,(H,20,24). The maximum Gasteiger partial charge on any atom is 0.255 e. The van der Waals surface area contributed by atoms with Gasteiger partial charge in [0.25, 0.3) is 5.91 Å². The first-order chi connectivity index (χ1) is 11.5. The quantitative estimate of drug-likeness (QED) is 0.797. The Hall–Kier alpha value is -2.96. The molecule has 3 rings (SSSR count). The largest absolute Gasteiger partial charge is 0.345 e. The van der Waals surface area contributed by atoms with Gasteiger partial charge in [0.1, 0.15) is 12.7 Å². The van der Waals surface area contributed by atoms with Crippen LogP contribution in [0.25, 0.3) is 5.69 Å². The third kappa shape index (κ3) is 2.92. The first-order valence-corrected chi connectivity index (χ1v) is 7.73. The number of nitrogens with one attached hydrogen (secondary N) is 1. The molecule has 124 valence electrons. The predicted molar refractivity (Wildman–Crippen MR) is 89.9 cm³/mol. The van der Waals surface area contributed by atoms with Crippen LogP contribution in [0.5, 0.6) is 0 Å². The average Bonchev–Trinajstić information content (AvgIpc) is 3.16. The van der Waals surface area contributed by atoms with Gasteiger partial charge in [-0.2, -0.15) is 10.2 Å². The highest BCUT2D eigenvalue weighted by molar-refractivity contribution is 5.96. The van der Waals surface area contributed by atoms with Crippen molar-refractivity contribution in [1.82, 2.24) is 29.9 Å². The van der Waals surface area contributed by atoms with Gasteiger partial charge in [0.05, 0.1) is 23.0 Å². The normalized spacial score (nSPS) is 12.2. The second-order valence-electron chi connectivity index (χ2n) is 5.80. The molecule has 1 N–H and O–H groups in total. The summed E-state index contributed by atoms with van der Waals surface area (Å²) in [5.41, 5.74) is 4.18. The van der Waals surface area contributed by atoms with Crippen LogP contribution in [-0.2, 0) is 7.05 Å². The van der Waals surface area contributed by atoms with E-state index in [0.29, 0.717) is 5.56 Å². The predicted octanol–water partition coefficient (Wildman–Crippen LogP) is 2.11. The smallest absolute Gasteiger partial charge is 0.255 e. The van der Waals surface area contributed by atoms with Crippen LogP contribution in [0.4, 0.5) is 0 Å². The lowest BCUT2D eigenvalue weighted by Crippen LogP contribution is -2.27. The van der Waals surface area contributed by atoms with E-state index < -0.39 is 0 Å². The minimum absolute atomic E-state index is 0.106. The van der Waals surface area contributed by atoms with E-state index in [1.807, 2.05) is 52.1 Å². The number of hydrogen-bond acceptors (Lipinski definition) is 4. The molecule has 0 aliphatic rings. The van der Waals surface area contributed by atoms with Gasteiger partial charge in [-0.1, -0.05) is 12.1 Å². The van der Waals surface area contributed by atoms with Gasteiger partial charge in [-0.25, -0.2) is 9.67 Å². The van der Waals surface area contributed by atoms with E-state index in [1.165, 1.54) is 6.33 Å². The number of carbonyl (C=O) groups excluding carboxylic acids is 1. The molecular formula is C17H20N6O. The van der Waals surface area contributed by atoms with E-state index in [-0.39, 0.29) is 11.9 Å². The molecule has 2 heterocycles. The lowest BCUT2D eigenvalue weighted by molar-refractivity contribution is 0.0938. The topological polar surface area (TPSA) is 77.6 Å². The Bertz CT molecular complexity index is 848. The van der Waals surface area contributed by atoms with Crippen LogP contribution in [0.3, 0.4) is 0 Å². The van der Waals surface area contributed by atoms with Crippen LogP contribution >= 0.6 is 0 Å². The first-order valence-electron chi connectivity index (χ1n) is 7.73. The molecule has 7 nitrogen and oxygen atoms in total. The molecule has 1 amide bonds. The summed E-state index contributed by atoms with van der Waals surface area (Å²) >= 11 is 0. The number of nitrogens with zero attached hydrogens (tertiary/aromatic N) is 5. The van der Waals surface area contributed by atoms with Gasteiger partial charge in [-0.05, 0) is 38.5 Å². The van der Waals surface area contributed by atoms with Gasteiger partial charge in [0.15, 0.2) is 0 Å². The maximum atomic E-state index is 12.6. The lowest BCUT2D eigenvalue weighted by atomic mass is 10.1. The molecule has 0 spiro atoms. The van der Waals surface area contributed by atoms with Gasteiger partial charge >= 0.3 is 0 Å². The van der Waals surface area contributed by atoms with Crippen molar-refractivity contribution in [3.8, 4) is 5.69 Å². The van der Waals surface area contributed by atoms with E-state index in [4.69, 9.17) is 0 Å². The average molecular weight is 324 g/mol. The molecule has 0 aliphatic heterocycles. The number of amides is 1. The highest BCUT2D eigenvalue weighted by atomic mass is 16.1. The van der Waals surface area contributed by atoms with E-state index >= 15 is 0 Å². The summed E-state index contributed by atoms with van der Waals surface area (Å²) in [6, 6.07) is 7.75. The fourth-order valence-electron chi connectivity index (χ4n) is 2.71. The van der Waals surface area contributed by atoms with Crippen molar-refractivity contribution in [2.24, 2.45) is 7.05 Å². The Labute approximate surface area is 140 Å². The minimum Gasteiger partial charge on any atom is -0.345 e. The molecule has 1 unspecified atom stereocenters. The Morgan fingerprint density at radius 2 is 1.92 bits per heavy atom. The van der Waals surface area contributed by atoms with E-state index in [2.05, 4.69) is 20.5 Å². The first kappa shape index (κ1) is 15.9. The number of rotatable bonds is 4. The van der Waals surface area contributed by atoms with Crippen LogP contribution in [-0.4, -0.2) is 30.5 Å². The Balaban J connectivity index is 1.75. The van der Waals surface area contributed by atoms with Crippen molar-refractivity contribution in [2.45, 2.75) is 26.8 Å². The molecular weight excluding hydrogens is 304 g/mol. The minimum atomic E-state index is -0.110. The van der Waals surface area contributed by atoms with Gasteiger partial charge in [-0.15, -0.1) is 0 Å². The number of carbonyl (C=O) groups is 1. The van der Waals surface area contributed by atoms with Crippen LogP contribution in [0.15, 0.2) is 36.9 Å². The third-order valence-electron chi connectivity index (χ3n) is 4.16. The number of hydrogen-bond donors (Lipinski definition) is 1. The molecule has 2 aromatic heterocycles. The Morgan fingerprint density at radius 3 is 2.46 bits per heavy atom. The number of aromatic nitrogens is 5. The molecule has 0 radical (unpaired) electrons. The SMILES string of the molecule is Cc1nn(C)c(C)c1C(=O)NC(C)c1ccc(-n2cncn2)cc1. The summed E-state index contributed by atoms with van der Waals surface area (Å²) in [6.45, 7) is 5.70. The van der Waals surface area contributed by atoms with Crippen molar-refractivity contribution in [1.29, 1.82) is 0 Å². The molecule has 0 fully saturated rings. The van der Waals surface area contributed by atoms with Gasteiger partial charge in [0.2, 0.25) is 0 Å². The summed E-state index contributed by atoms with van der Waals surface area (Å²) < 4.78 is 3.41. The van der Waals surface area contributed by atoms with Crippen LogP contribution in [0.1, 0.15) is 40.3 Å². The summed E-state index contributed by atoms with van der Waals surface area (Å²) in [5, 5.41) is 11.4. The molecule has 7 heteroatoms. The summed E-state index contributed by atoms with van der Waals surface area (Å²) in [4.78, 5) is 16.5. The second-order valence-corrected chi connectivity index (χ2v) is 5.80. The highest BCUT2D eigenvalue weighted by Crippen LogP contribution is 2.18. The Kier molecular flexibility index (Phi) is 4.16. The van der Waals surface area contributed by atoms with Crippen molar-refractivity contribution in [3.63, 3.8) is 0 Å². The van der Waals surface area contributed by atoms with E-state index in [1.54, 1.807) is 15.7 Å². The molecule has 0 aliphatic carbocycles. The fraction of sp³-hybridized carbons (Fsp3) is 0.294. The Morgan fingerprint density at radius 1 is 1.21 bits per heavy atom. The zero-order valence-electron chi connectivity index (χ0n) is 14.2. The van der Waals surface area contributed by atoms with Gasteiger partial charge < -0.3 is 5.32 Å². The molecule has 0 bridgehead atoms.